The maximum absolute atomic E-state index is 5.93. The monoisotopic (exact) mass is 249 g/mol. The summed E-state index contributed by atoms with van der Waals surface area (Å²) in [5.74, 6) is 1.90. The second-order valence-corrected chi connectivity index (χ2v) is 4.62. The van der Waals surface area contributed by atoms with Gasteiger partial charge in [-0.3, -0.25) is 0 Å². The molecule has 0 aliphatic heterocycles. The Bertz CT molecular complexity index is 492. The molecule has 1 aromatic heterocycles. The summed E-state index contributed by atoms with van der Waals surface area (Å²) >= 11 is 5.93. The predicted molar refractivity (Wildman–Crippen MR) is 70.2 cm³/mol. The zero-order valence-electron chi connectivity index (χ0n) is 10.0. The molecule has 0 saturated heterocycles. The topological polar surface area (TPSA) is 25.2 Å². The van der Waals surface area contributed by atoms with Crippen LogP contribution in [-0.4, -0.2) is 0 Å². The molecule has 0 fully saturated rings. The van der Waals surface area contributed by atoms with Crippen molar-refractivity contribution in [3.8, 4) is 0 Å². The Balaban J connectivity index is 1.94. The van der Waals surface area contributed by atoms with Gasteiger partial charge in [0, 0.05) is 11.6 Å². The molecule has 1 unspecified atom stereocenters. The van der Waals surface area contributed by atoms with Gasteiger partial charge in [-0.1, -0.05) is 23.7 Å². The Labute approximate surface area is 107 Å². The molecular formula is C14H16ClNO. The number of rotatable bonds is 4. The fourth-order valence-corrected chi connectivity index (χ4v) is 1.92. The average Bonchev–Trinajstić information content (AvgIpc) is 2.73. The highest BCUT2D eigenvalue weighted by Gasteiger charge is 2.08. The van der Waals surface area contributed by atoms with Crippen LogP contribution in [-0.2, 0) is 6.54 Å². The van der Waals surface area contributed by atoms with E-state index in [-0.39, 0.29) is 6.04 Å². The third-order valence-corrected chi connectivity index (χ3v) is 2.92. The lowest BCUT2D eigenvalue weighted by Crippen LogP contribution is -2.17. The largest absolute Gasteiger partial charge is 0.465 e. The molecule has 2 nitrogen and oxygen atoms in total. The fraction of sp³-hybridized carbons (Fsp3) is 0.286. The van der Waals surface area contributed by atoms with E-state index in [0.29, 0.717) is 0 Å². The number of aryl methyl sites for hydroxylation is 1. The average molecular weight is 250 g/mol. The molecule has 2 aromatic rings. The van der Waals surface area contributed by atoms with Crippen LogP contribution in [0.15, 0.2) is 40.8 Å². The minimum absolute atomic E-state index is 0.197. The van der Waals surface area contributed by atoms with E-state index in [9.17, 15) is 0 Å². The van der Waals surface area contributed by atoms with E-state index in [0.717, 1.165) is 23.1 Å². The summed E-state index contributed by atoms with van der Waals surface area (Å²) in [4.78, 5) is 0. The standard InChI is InChI=1S/C14H16ClNO/c1-10-6-7-14(17-10)11(2)16-9-12-4-3-5-13(15)8-12/h3-8,11,16H,9H2,1-2H3. The summed E-state index contributed by atoms with van der Waals surface area (Å²) < 4.78 is 5.57. The van der Waals surface area contributed by atoms with E-state index in [4.69, 9.17) is 16.0 Å². The Morgan fingerprint density at radius 2 is 2.12 bits per heavy atom. The van der Waals surface area contributed by atoms with Crippen LogP contribution >= 0.6 is 11.6 Å². The van der Waals surface area contributed by atoms with Crippen LogP contribution in [0.5, 0.6) is 0 Å². The van der Waals surface area contributed by atoms with Crippen LogP contribution < -0.4 is 5.32 Å². The molecule has 90 valence electrons. The van der Waals surface area contributed by atoms with Crippen molar-refractivity contribution >= 4 is 11.6 Å². The van der Waals surface area contributed by atoms with E-state index in [1.165, 1.54) is 5.56 Å². The van der Waals surface area contributed by atoms with Gasteiger partial charge in [0.2, 0.25) is 0 Å². The van der Waals surface area contributed by atoms with Crippen LogP contribution in [0.4, 0.5) is 0 Å². The van der Waals surface area contributed by atoms with Crippen molar-refractivity contribution in [2.45, 2.75) is 26.4 Å². The van der Waals surface area contributed by atoms with Crippen LogP contribution in [0.25, 0.3) is 0 Å². The first-order valence-corrected chi connectivity index (χ1v) is 6.07. The quantitative estimate of drug-likeness (QED) is 0.883. The van der Waals surface area contributed by atoms with E-state index in [1.807, 2.05) is 37.3 Å². The van der Waals surface area contributed by atoms with E-state index in [1.54, 1.807) is 0 Å². The molecule has 0 radical (unpaired) electrons. The molecule has 1 heterocycles. The van der Waals surface area contributed by atoms with Crippen molar-refractivity contribution in [1.82, 2.24) is 5.32 Å². The van der Waals surface area contributed by atoms with Gasteiger partial charge in [0.25, 0.3) is 0 Å². The van der Waals surface area contributed by atoms with Crippen LogP contribution in [0, 0.1) is 6.92 Å². The SMILES string of the molecule is Cc1ccc(C(C)NCc2cccc(Cl)c2)o1. The fourth-order valence-electron chi connectivity index (χ4n) is 1.70. The van der Waals surface area contributed by atoms with Gasteiger partial charge >= 0.3 is 0 Å². The maximum atomic E-state index is 5.93. The Hall–Kier alpha value is -1.25. The van der Waals surface area contributed by atoms with Crippen molar-refractivity contribution in [2.24, 2.45) is 0 Å². The van der Waals surface area contributed by atoms with E-state index in [2.05, 4.69) is 18.3 Å². The van der Waals surface area contributed by atoms with Gasteiger partial charge in [0.05, 0.1) is 6.04 Å². The second kappa shape index (κ2) is 5.39. The van der Waals surface area contributed by atoms with Gasteiger partial charge in [-0.2, -0.15) is 0 Å². The lowest BCUT2D eigenvalue weighted by atomic mass is 10.2. The first-order chi connectivity index (χ1) is 8.15. The Morgan fingerprint density at radius 3 is 2.76 bits per heavy atom. The highest BCUT2D eigenvalue weighted by atomic mass is 35.5. The minimum Gasteiger partial charge on any atom is -0.465 e. The van der Waals surface area contributed by atoms with Crippen molar-refractivity contribution in [3.63, 3.8) is 0 Å². The minimum atomic E-state index is 0.197. The summed E-state index contributed by atoms with van der Waals surface area (Å²) in [5, 5.41) is 4.17. The smallest absolute Gasteiger partial charge is 0.120 e. The van der Waals surface area contributed by atoms with Gasteiger partial charge in [-0.25, -0.2) is 0 Å². The number of hydrogen-bond acceptors (Lipinski definition) is 2. The summed E-state index contributed by atoms with van der Waals surface area (Å²) in [5.41, 5.74) is 1.17. The highest BCUT2D eigenvalue weighted by molar-refractivity contribution is 6.30. The van der Waals surface area contributed by atoms with Crippen molar-refractivity contribution in [3.05, 3.63) is 58.5 Å². The first-order valence-electron chi connectivity index (χ1n) is 5.69. The number of halogens is 1. The number of nitrogens with one attached hydrogen (secondary N) is 1. The summed E-state index contributed by atoms with van der Waals surface area (Å²) in [6.07, 6.45) is 0. The molecule has 0 spiro atoms. The third-order valence-electron chi connectivity index (χ3n) is 2.69. The van der Waals surface area contributed by atoms with Crippen LogP contribution in [0.1, 0.15) is 30.0 Å². The summed E-state index contributed by atoms with van der Waals surface area (Å²) in [7, 11) is 0. The van der Waals surface area contributed by atoms with Gasteiger partial charge in [-0.05, 0) is 43.7 Å². The van der Waals surface area contributed by atoms with Crippen LogP contribution in [0.2, 0.25) is 5.02 Å². The molecule has 2 rings (SSSR count). The lowest BCUT2D eigenvalue weighted by Gasteiger charge is -2.11. The molecular weight excluding hydrogens is 234 g/mol. The molecule has 1 atom stereocenters. The number of hydrogen-bond donors (Lipinski definition) is 1. The molecule has 1 aromatic carbocycles. The number of benzene rings is 1. The van der Waals surface area contributed by atoms with Crippen LogP contribution in [0.3, 0.4) is 0 Å². The van der Waals surface area contributed by atoms with Crippen molar-refractivity contribution < 1.29 is 4.42 Å². The van der Waals surface area contributed by atoms with Crippen molar-refractivity contribution in [1.29, 1.82) is 0 Å². The Kier molecular flexibility index (Phi) is 3.87. The van der Waals surface area contributed by atoms with Gasteiger partial charge in [-0.15, -0.1) is 0 Å². The molecule has 17 heavy (non-hydrogen) atoms. The zero-order chi connectivity index (χ0) is 12.3. The Morgan fingerprint density at radius 1 is 1.29 bits per heavy atom. The molecule has 0 aliphatic carbocycles. The molecule has 0 saturated carbocycles. The molecule has 1 N–H and O–H groups in total. The second-order valence-electron chi connectivity index (χ2n) is 4.18. The molecule has 0 aliphatic rings. The van der Waals surface area contributed by atoms with Gasteiger partial charge < -0.3 is 9.73 Å². The normalized spacial score (nSPS) is 12.6. The predicted octanol–water partition coefficient (Wildman–Crippen LogP) is 4.09. The van der Waals surface area contributed by atoms with E-state index < -0.39 is 0 Å². The summed E-state index contributed by atoms with van der Waals surface area (Å²) in [6.45, 7) is 4.82. The molecule has 3 heteroatoms. The molecule has 0 amide bonds. The highest BCUT2D eigenvalue weighted by Crippen LogP contribution is 2.17. The van der Waals surface area contributed by atoms with E-state index >= 15 is 0 Å². The zero-order valence-corrected chi connectivity index (χ0v) is 10.8. The lowest BCUT2D eigenvalue weighted by molar-refractivity contribution is 0.416. The first kappa shape index (κ1) is 12.2. The van der Waals surface area contributed by atoms with Gasteiger partial charge in [0.15, 0.2) is 0 Å². The third kappa shape index (κ3) is 3.35. The molecule has 0 bridgehead atoms. The summed E-state index contributed by atoms with van der Waals surface area (Å²) in [6, 6.07) is 12.0. The van der Waals surface area contributed by atoms with Crippen molar-refractivity contribution in [2.75, 3.05) is 0 Å². The maximum Gasteiger partial charge on any atom is 0.120 e. The van der Waals surface area contributed by atoms with Gasteiger partial charge in [0.1, 0.15) is 11.5 Å². The number of furan rings is 1.